The summed E-state index contributed by atoms with van der Waals surface area (Å²) in [5.74, 6) is -1.93. The van der Waals surface area contributed by atoms with Gasteiger partial charge in [0, 0.05) is 19.3 Å². The zero-order valence-electron chi connectivity index (χ0n) is 11.0. The van der Waals surface area contributed by atoms with Gasteiger partial charge in [0.2, 0.25) is 0 Å². The largest absolute Gasteiger partial charge is 0.480 e. The van der Waals surface area contributed by atoms with Crippen LogP contribution in [0.3, 0.4) is 0 Å². The first kappa shape index (κ1) is 14.3. The molecular formula is C13H21NO5. The molecule has 0 bridgehead atoms. The predicted octanol–water partition coefficient (Wildman–Crippen LogP) is 0.807. The van der Waals surface area contributed by atoms with Gasteiger partial charge < -0.3 is 14.9 Å². The fraction of sp³-hybridized carbons (Fsp3) is 0.846. The molecular weight excluding hydrogens is 250 g/mol. The SMILES string of the molecule is O=C(O)CN(CC(=O)O)C1CCCC12CCOCC2. The van der Waals surface area contributed by atoms with Gasteiger partial charge in [-0.3, -0.25) is 14.5 Å². The van der Waals surface area contributed by atoms with Crippen molar-refractivity contribution < 1.29 is 24.5 Å². The average Bonchev–Trinajstić information content (AvgIpc) is 2.71. The van der Waals surface area contributed by atoms with Crippen molar-refractivity contribution in [1.29, 1.82) is 0 Å². The maximum Gasteiger partial charge on any atom is 0.317 e. The van der Waals surface area contributed by atoms with Crippen molar-refractivity contribution in [1.82, 2.24) is 4.90 Å². The van der Waals surface area contributed by atoms with E-state index in [1.54, 1.807) is 4.90 Å². The molecule has 1 unspecified atom stereocenters. The van der Waals surface area contributed by atoms with E-state index in [4.69, 9.17) is 14.9 Å². The molecule has 1 aliphatic heterocycles. The number of hydrogen-bond acceptors (Lipinski definition) is 4. The molecule has 6 heteroatoms. The molecule has 2 N–H and O–H groups in total. The summed E-state index contributed by atoms with van der Waals surface area (Å²) in [6.07, 6.45) is 4.80. The highest BCUT2D eigenvalue weighted by molar-refractivity contribution is 5.72. The summed E-state index contributed by atoms with van der Waals surface area (Å²) in [4.78, 5) is 23.5. The third kappa shape index (κ3) is 3.25. The lowest BCUT2D eigenvalue weighted by Gasteiger charge is -2.43. The minimum atomic E-state index is -0.963. The number of carbonyl (C=O) groups is 2. The predicted molar refractivity (Wildman–Crippen MR) is 67.0 cm³/mol. The summed E-state index contributed by atoms with van der Waals surface area (Å²) < 4.78 is 5.40. The second-order valence-corrected chi connectivity index (χ2v) is 5.58. The van der Waals surface area contributed by atoms with Crippen molar-refractivity contribution in [3.05, 3.63) is 0 Å². The minimum absolute atomic E-state index is 0.0587. The van der Waals surface area contributed by atoms with E-state index in [0.29, 0.717) is 13.2 Å². The topological polar surface area (TPSA) is 87.1 Å². The molecule has 0 amide bonds. The van der Waals surface area contributed by atoms with Gasteiger partial charge in [-0.1, -0.05) is 6.42 Å². The van der Waals surface area contributed by atoms with E-state index in [1.165, 1.54) is 0 Å². The second kappa shape index (κ2) is 5.88. The van der Waals surface area contributed by atoms with Gasteiger partial charge in [-0.05, 0) is 31.1 Å². The number of carboxylic acid groups (broad SMARTS) is 2. The number of aliphatic carboxylic acids is 2. The van der Waals surface area contributed by atoms with E-state index in [9.17, 15) is 9.59 Å². The number of carboxylic acids is 2. The fourth-order valence-corrected chi connectivity index (χ4v) is 3.68. The van der Waals surface area contributed by atoms with Crippen molar-refractivity contribution in [3.63, 3.8) is 0 Å². The molecule has 1 atom stereocenters. The maximum absolute atomic E-state index is 11.0. The van der Waals surface area contributed by atoms with Gasteiger partial charge in [0.1, 0.15) is 0 Å². The Hall–Kier alpha value is -1.14. The molecule has 0 aromatic carbocycles. The van der Waals surface area contributed by atoms with Crippen LogP contribution in [0.15, 0.2) is 0 Å². The second-order valence-electron chi connectivity index (χ2n) is 5.58. The van der Waals surface area contributed by atoms with Crippen molar-refractivity contribution >= 4 is 11.9 Å². The average molecular weight is 271 g/mol. The summed E-state index contributed by atoms with van der Waals surface area (Å²) in [7, 11) is 0. The van der Waals surface area contributed by atoms with E-state index in [0.717, 1.165) is 32.1 Å². The van der Waals surface area contributed by atoms with Crippen LogP contribution in [0.4, 0.5) is 0 Å². The summed E-state index contributed by atoms with van der Waals surface area (Å²) in [6, 6.07) is 0.0589. The molecule has 0 radical (unpaired) electrons. The molecule has 1 spiro atoms. The van der Waals surface area contributed by atoms with E-state index in [-0.39, 0.29) is 24.5 Å². The highest BCUT2D eigenvalue weighted by atomic mass is 16.5. The Balaban J connectivity index is 2.13. The first-order valence-electron chi connectivity index (χ1n) is 6.79. The van der Waals surface area contributed by atoms with Crippen molar-refractivity contribution in [2.24, 2.45) is 5.41 Å². The van der Waals surface area contributed by atoms with Crippen LogP contribution in [0.25, 0.3) is 0 Å². The first-order chi connectivity index (χ1) is 9.03. The van der Waals surface area contributed by atoms with Crippen LogP contribution in [-0.2, 0) is 14.3 Å². The minimum Gasteiger partial charge on any atom is -0.480 e. The quantitative estimate of drug-likeness (QED) is 0.769. The molecule has 1 saturated carbocycles. The van der Waals surface area contributed by atoms with Gasteiger partial charge >= 0.3 is 11.9 Å². The Morgan fingerprint density at radius 1 is 1.11 bits per heavy atom. The highest BCUT2D eigenvalue weighted by Crippen LogP contribution is 2.48. The van der Waals surface area contributed by atoms with Crippen LogP contribution in [-0.4, -0.2) is 59.4 Å². The van der Waals surface area contributed by atoms with E-state index < -0.39 is 11.9 Å². The van der Waals surface area contributed by atoms with Crippen LogP contribution < -0.4 is 0 Å². The molecule has 0 aromatic heterocycles. The molecule has 1 heterocycles. The molecule has 0 aromatic rings. The summed E-state index contributed by atoms with van der Waals surface area (Å²) in [5.41, 5.74) is 0.0587. The van der Waals surface area contributed by atoms with E-state index in [1.807, 2.05) is 0 Å². The smallest absolute Gasteiger partial charge is 0.317 e. The molecule has 2 fully saturated rings. The van der Waals surface area contributed by atoms with Crippen LogP contribution >= 0.6 is 0 Å². The molecule has 2 rings (SSSR count). The Kier molecular flexibility index (Phi) is 4.42. The van der Waals surface area contributed by atoms with Crippen LogP contribution in [0.5, 0.6) is 0 Å². The lowest BCUT2D eigenvalue weighted by atomic mass is 9.75. The van der Waals surface area contributed by atoms with Gasteiger partial charge in [0.05, 0.1) is 13.1 Å². The van der Waals surface area contributed by atoms with E-state index >= 15 is 0 Å². The van der Waals surface area contributed by atoms with Crippen molar-refractivity contribution in [2.75, 3.05) is 26.3 Å². The zero-order chi connectivity index (χ0) is 13.9. The Morgan fingerprint density at radius 3 is 2.21 bits per heavy atom. The fourth-order valence-electron chi connectivity index (χ4n) is 3.68. The van der Waals surface area contributed by atoms with Crippen LogP contribution in [0.2, 0.25) is 0 Å². The normalized spacial score (nSPS) is 25.8. The van der Waals surface area contributed by atoms with Gasteiger partial charge in [0.25, 0.3) is 0 Å². The number of ether oxygens (including phenoxy) is 1. The number of nitrogens with zero attached hydrogens (tertiary/aromatic N) is 1. The highest BCUT2D eigenvalue weighted by Gasteiger charge is 2.46. The first-order valence-corrected chi connectivity index (χ1v) is 6.79. The third-order valence-corrected chi connectivity index (χ3v) is 4.47. The Labute approximate surface area is 112 Å². The van der Waals surface area contributed by atoms with Gasteiger partial charge in [0.15, 0.2) is 0 Å². The van der Waals surface area contributed by atoms with E-state index in [2.05, 4.69) is 0 Å². The number of hydrogen-bond donors (Lipinski definition) is 2. The van der Waals surface area contributed by atoms with Crippen molar-refractivity contribution in [2.45, 2.75) is 38.1 Å². The lowest BCUT2D eigenvalue weighted by molar-refractivity contribution is -0.144. The van der Waals surface area contributed by atoms with Crippen molar-refractivity contribution in [3.8, 4) is 0 Å². The van der Waals surface area contributed by atoms with Crippen LogP contribution in [0.1, 0.15) is 32.1 Å². The molecule has 1 aliphatic carbocycles. The zero-order valence-corrected chi connectivity index (χ0v) is 11.0. The summed E-state index contributed by atoms with van der Waals surface area (Å²) >= 11 is 0. The Bertz CT molecular complexity index is 335. The van der Waals surface area contributed by atoms with Gasteiger partial charge in [-0.15, -0.1) is 0 Å². The lowest BCUT2D eigenvalue weighted by Crippen LogP contribution is -2.50. The monoisotopic (exact) mass is 271 g/mol. The van der Waals surface area contributed by atoms with Gasteiger partial charge in [-0.2, -0.15) is 0 Å². The standard InChI is InChI=1S/C13H21NO5/c15-11(16)8-14(9-12(17)18)10-2-1-3-13(10)4-6-19-7-5-13/h10H,1-9H2,(H,15,16)(H,17,18). The molecule has 1 saturated heterocycles. The van der Waals surface area contributed by atoms with Gasteiger partial charge in [-0.25, -0.2) is 0 Å². The summed E-state index contributed by atoms with van der Waals surface area (Å²) in [5, 5.41) is 18.0. The maximum atomic E-state index is 11.0. The summed E-state index contributed by atoms with van der Waals surface area (Å²) in [6.45, 7) is 1.01. The molecule has 19 heavy (non-hydrogen) atoms. The third-order valence-electron chi connectivity index (χ3n) is 4.47. The number of rotatable bonds is 5. The molecule has 108 valence electrons. The molecule has 6 nitrogen and oxygen atoms in total. The Morgan fingerprint density at radius 2 is 1.68 bits per heavy atom. The molecule has 2 aliphatic rings. The van der Waals surface area contributed by atoms with Crippen LogP contribution in [0, 0.1) is 5.41 Å².